The number of rotatable bonds is 5. The highest BCUT2D eigenvalue weighted by molar-refractivity contribution is 5.80. The van der Waals surface area contributed by atoms with Crippen LogP contribution in [0, 0.1) is 11.8 Å². The van der Waals surface area contributed by atoms with E-state index in [2.05, 4.69) is 63.8 Å². The Labute approximate surface area is 174 Å². The molecular weight excluding hydrogens is 360 g/mol. The van der Waals surface area contributed by atoms with Crippen molar-refractivity contribution in [2.75, 3.05) is 63.9 Å². The van der Waals surface area contributed by atoms with E-state index in [9.17, 15) is 0 Å². The Balaban J connectivity index is 1.17. The van der Waals surface area contributed by atoms with Crippen LogP contribution in [0.3, 0.4) is 0 Å². The monoisotopic (exact) mass is 392 g/mol. The lowest BCUT2D eigenvalue weighted by Gasteiger charge is -2.33. The van der Waals surface area contributed by atoms with E-state index in [1.54, 1.807) is 0 Å². The maximum Gasteiger partial charge on any atom is 0.129 e. The maximum absolute atomic E-state index is 6.01. The van der Waals surface area contributed by atoms with E-state index in [-0.39, 0.29) is 0 Å². The zero-order valence-corrected chi connectivity index (χ0v) is 17.5. The molecule has 4 rings (SSSR count). The number of pyridine rings is 1. The zero-order chi connectivity index (χ0) is 19.9. The van der Waals surface area contributed by atoms with Crippen molar-refractivity contribution < 1.29 is 4.74 Å². The number of aromatic nitrogens is 1. The summed E-state index contributed by atoms with van der Waals surface area (Å²) in [6.45, 7) is 11.4. The zero-order valence-electron chi connectivity index (χ0n) is 17.5. The lowest BCUT2D eigenvalue weighted by Crippen LogP contribution is -2.46. The summed E-state index contributed by atoms with van der Waals surface area (Å²) in [4.78, 5) is 12.1. The van der Waals surface area contributed by atoms with E-state index in [0.717, 1.165) is 63.4 Å². The van der Waals surface area contributed by atoms with E-state index in [0.29, 0.717) is 12.7 Å². The van der Waals surface area contributed by atoms with Crippen LogP contribution in [0.1, 0.15) is 19.8 Å². The number of piperidine rings is 1. The van der Waals surface area contributed by atoms with Gasteiger partial charge in [0, 0.05) is 44.7 Å². The van der Waals surface area contributed by atoms with Crippen molar-refractivity contribution in [1.82, 2.24) is 14.8 Å². The van der Waals surface area contributed by atoms with Crippen LogP contribution in [0.4, 0.5) is 5.82 Å². The molecule has 1 aromatic heterocycles. The third-order valence-corrected chi connectivity index (χ3v) is 6.08. The van der Waals surface area contributed by atoms with E-state index in [1.165, 1.54) is 18.5 Å². The van der Waals surface area contributed by atoms with Crippen molar-refractivity contribution in [3.63, 3.8) is 0 Å². The number of hydrogen-bond acceptors (Lipinski definition) is 5. The van der Waals surface area contributed by atoms with Crippen LogP contribution in [-0.2, 0) is 4.74 Å². The maximum atomic E-state index is 6.01. The summed E-state index contributed by atoms with van der Waals surface area (Å²) in [5, 5.41) is 1.19. The van der Waals surface area contributed by atoms with Crippen LogP contribution in [0.2, 0.25) is 0 Å². The molecule has 29 heavy (non-hydrogen) atoms. The van der Waals surface area contributed by atoms with Gasteiger partial charge in [-0.2, -0.15) is 0 Å². The molecule has 2 aromatic rings. The Bertz CT molecular complexity index is 843. The number of likely N-dealkylation sites (N-methyl/N-ethyl adjacent to an activating group) is 1. The Hall–Kier alpha value is -2.13. The topological polar surface area (TPSA) is 31.8 Å². The molecule has 2 fully saturated rings. The van der Waals surface area contributed by atoms with Gasteiger partial charge in [0.1, 0.15) is 12.4 Å². The second-order valence-corrected chi connectivity index (χ2v) is 7.92. The number of para-hydroxylation sites is 1. The average Bonchev–Trinajstić information content (AvgIpc) is 2.79. The lowest BCUT2D eigenvalue weighted by atomic mass is 10.1. The molecule has 2 aliphatic heterocycles. The van der Waals surface area contributed by atoms with Gasteiger partial charge in [0.2, 0.25) is 0 Å². The van der Waals surface area contributed by atoms with Gasteiger partial charge in [-0.1, -0.05) is 37.0 Å². The summed E-state index contributed by atoms with van der Waals surface area (Å²) in [6.07, 6.45) is 2.39. The summed E-state index contributed by atoms with van der Waals surface area (Å²) in [5.74, 6) is 7.58. The third kappa shape index (κ3) is 5.48. The molecule has 5 nitrogen and oxygen atoms in total. The first-order valence-corrected chi connectivity index (χ1v) is 10.9. The first-order chi connectivity index (χ1) is 14.3. The number of benzene rings is 1. The summed E-state index contributed by atoms with van der Waals surface area (Å²) in [6, 6.07) is 12.6. The molecular formula is C24H32N4O. The lowest BCUT2D eigenvalue weighted by molar-refractivity contribution is 0.0593. The van der Waals surface area contributed by atoms with E-state index in [1.807, 2.05) is 6.07 Å². The van der Waals surface area contributed by atoms with Crippen molar-refractivity contribution in [2.24, 2.45) is 0 Å². The molecule has 0 aliphatic carbocycles. The standard InChI is InChI=1S/C24H32N4O/c1-2-26-16-18-27(19-17-26)13-5-6-20-29-22-11-14-28(15-12-22)24-10-9-21-7-3-4-8-23(21)25-24/h3-4,7-10,22H,2,11-20H2,1H3. The van der Waals surface area contributed by atoms with Crippen LogP contribution in [0.25, 0.3) is 10.9 Å². The van der Waals surface area contributed by atoms with E-state index in [4.69, 9.17) is 9.72 Å². The van der Waals surface area contributed by atoms with Gasteiger partial charge in [0.25, 0.3) is 0 Å². The number of ether oxygens (including phenoxy) is 1. The van der Waals surface area contributed by atoms with Gasteiger partial charge in [0.05, 0.1) is 18.2 Å². The minimum absolute atomic E-state index is 0.314. The molecule has 1 aromatic carbocycles. The highest BCUT2D eigenvalue weighted by atomic mass is 16.5. The fraction of sp³-hybridized carbons (Fsp3) is 0.542. The molecule has 0 bridgehead atoms. The second kappa shape index (κ2) is 10.1. The highest BCUT2D eigenvalue weighted by Gasteiger charge is 2.20. The molecule has 0 atom stereocenters. The van der Waals surface area contributed by atoms with Crippen molar-refractivity contribution in [2.45, 2.75) is 25.9 Å². The van der Waals surface area contributed by atoms with Gasteiger partial charge in [-0.15, -0.1) is 0 Å². The summed E-state index contributed by atoms with van der Waals surface area (Å²) >= 11 is 0. The van der Waals surface area contributed by atoms with Gasteiger partial charge >= 0.3 is 0 Å². The second-order valence-electron chi connectivity index (χ2n) is 7.92. The highest BCUT2D eigenvalue weighted by Crippen LogP contribution is 2.22. The summed E-state index contributed by atoms with van der Waals surface area (Å²) < 4.78 is 6.01. The van der Waals surface area contributed by atoms with Crippen LogP contribution >= 0.6 is 0 Å². The molecule has 3 heterocycles. The van der Waals surface area contributed by atoms with Crippen molar-refractivity contribution >= 4 is 16.7 Å². The molecule has 0 spiro atoms. The quantitative estimate of drug-likeness (QED) is 0.731. The predicted octanol–water partition coefficient (Wildman–Crippen LogP) is 2.86. The number of nitrogens with zero attached hydrogens (tertiary/aromatic N) is 4. The van der Waals surface area contributed by atoms with Gasteiger partial charge in [-0.05, 0) is 37.6 Å². The molecule has 2 aliphatic rings. The van der Waals surface area contributed by atoms with Gasteiger partial charge in [-0.25, -0.2) is 4.98 Å². The van der Waals surface area contributed by atoms with E-state index >= 15 is 0 Å². The van der Waals surface area contributed by atoms with Crippen molar-refractivity contribution in [1.29, 1.82) is 0 Å². The third-order valence-electron chi connectivity index (χ3n) is 6.08. The molecule has 0 saturated carbocycles. The minimum atomic E-state index is 0.314. The van der Waals surface area contributed by atoms with Gasteiger partial charge < -0.3 is 14.5 Å². The first kappa shape index (κ1) is 20.2. The largest absolute Gasteiger partial charge is 0.365 e. The average molecular weight is 393 g/mol. The van der Waals surface area contributed by atoms with E-state index < -0.39 is 0 Å². The molecule has 0 unspecified atom stereocenters. The van der Waals surface area contributed by atoms with Gasteiger partial charge in [0.15, 0.2) is 0 Å². The molecule has 0 amide bonds. The van der Waals surface area contributed by atoms with Crippen LogP contribution < -0.4 is 4.90 Å². The summed E-state index contributed by atoms with van der Waals surface area (Å²) in [5.41, 5.74) is 1.06. The predicted molar refractivity (Wildman–Crippen MR) is 119 cm³/mol. The molecule has 5 heteroatoms. The Morgan fingerprint density at radius 1 is 0.931 bits per heavy atom. The number of anilines is 1. The number of hydrogen-bond donors (Lipinski definition) is 0. The molecule has 2 saturated heterocycles. The van der Waals surface area contributed by atoms with Crippen molar-refractivity contribution in [3.05, 3.63) is 36.4 Å². The smallest absolute Gasteiger partial charge is 0.129 e. The Morgan fingerprint density at radius 2 is 1.69 bits per heavy atom. The fourth-order valence-electron chi connectivity index (χ4n) is 4.12. The Morgan fingerprint density at radius 3 is 2.48 bits per heavy atom. The summed E-state index contributed by atoms with van der Waals surface area (Å²) in [7, 11) is 0. The van der Waals surface area contributed by atoms with Crippen LogP contribution in [-0.4, -0.2) is 79.9 Å². The SMILES string of the molecule is CCN1CCN(CC#CCOC2CCN(c3ccc4ccccc4n3)CC2)CC1. The molecule has 0 radical (unpaired) electrons. The molecule has 0 N–H and O–H groups in total. The number of piperazine rings is 1. The Kier molecular flexibility index (Phi) is 7.00. The number of fused-ring (bicyclic) bond motifs is 1. The van der Waals surface area contributed by atoms with Gasteiger partial charge in [-0.3, -0.25) is 4.90 Å². The van der Waals surface area contributed by atoms with Crippen LogP contribution in [0.5, 0.6) is 0 Å². The van der Waals surface area contributed by atoms with Crippen LogP contribution in [0.15, 0.2) is 36.4 Å². The normalized spacial score (nSPS) is 19.3. The fourth-order valence-corrected chi connectivity index (χ4v) is 4.12. The van der Waals surface area contributed by atoms with Crippen molar-refractivity contribution in [3.8, 4) is 11.8 Å². The first-order valence-electron chi connectivity index (χ1n) is 10.9. The minimum Gasteiger partial charge on any atom is -0.365 e. The molecule has 154 valence electrons.